The number of hydrogen-bond donors (Lipinski definition) is 1. The third-order valence-electron chi connectivity index (χ3n) is 5.85. The summed E-state index contributed by atoms with van der Waals surface area (Å²) in [5.74, 6) is -0.815. The summed E-state index contributed by atoms with van der Waals surface area (Å²) in [7, 11) is 0. The fourth-order valence-corrected chi connectivity index (χ4v) is 4.30. The van der Waals surface area contributed by atoms with Crippen LogP contribution in [0.4, 0.5) is 5.69 Å². The highest BCUT2D eigenvalue weighted by Gasteiger charge is 2.50. The van der Waals surface area contributed by atoms with Gasteiger partial charge in [0.1, 0.15) is 0 Å². The number of hydrogen-bond acceptors (Lipinski definition) is 4. The number of rotatable bonds is 5. The average molecular weight is 408 g/mol. The van der Waals surface area contributed by atoms with Gasteiger partial charge in [0, 0.05) is 23.5 Å². The van der Waals surface area contributed by atoms with Crippen LogP contribution in [0.3, 0.4) is 0 Å². The minimum atomic E-state index is -1.91. The topological polar surface area (TPSA) is 70.5 Å². The summed E-state index contributed by atoms with van der Waals surface area (Å²) in [5.41, 5.74) is 0.519. The van der Waals surface area contributed by atoms with Crippen LogP contribution in [0.15, 0.2) is 91.3 Å². The van der Waals surface area contributed by atoms with Crippen molar-refractivity contribution in [3.8, 4) is 0 Å². The number of carbonyl (C=O) groups excluding carboxylic acids is 2. The van der Waals surface area contributed by atoms with E-state index in [-0.39, 0.29) is 12.2 Å². The Morgan fingerprint density at radius 1 is 0.935 bits per heavy atom. The highest BCUT2D eigenvalue weighted by atomic mass is 16.3. The Hall–Kier alpha value is -3.83. The Bertz CT molecular complexity index is 1300. The Balaban J connectivity index is 1.53. The van der Waals surface area contributed by atoms with Gasteiger partial charge in [-0.25, -0.2) is 0 Å². The number of Topliss-reactive ketones (excluding diaryl/α,β-unsaturated/α-hetero) is 1. The van der Waals surface area contributed by atoms with Gasteiger partial charge < -0.3 is 10.0 Å². The van der Waals surface area contributed by atoms with Crippen LogP contribution in [-0.4, -0.2) is 21.8 Å². The first-order valence-corrected chi connectivity index (χ1v) is 10.1. The molecule has 0 unspecified atom stereocenters. The molecular formula is C26H20N2O3. The molecule has 4 aromatic rings. The molecule has 1 aliphatic rings. The van der Waals surface area contributed by atoms with Gasteiger partial charge in [0.2, 0.25) is 0 Å². The van der Waals surface area contributed by atoms with Gasteiger partial charge in [-0.05, 0) is 34.5 Å². The van der Waals surface area contributed by atoms with Gasteiger partial charge >= 0.3 is 0 Å². The molecule has 31 heavy (non-hydrogen) atoms. The second-order valence-electron chi connectivity index (χ2n) is 7.75. The number of benzene rings is 3. The van der Waals surface area contributed by atoms with Gasteiger partial charge in [0.05, 0.1) is 18.7 Å². The molecule has 1 aromatic heterocycles. The predicted octanol–water partition coefficient (Wildman–Crippen LogP) is 4.24. The van der Waals surface area contributed by atoms with E-state index in [2.05, 4.69) is 4.98 Å². The quantitative estimate of drug-likeness (QED) is 0.502. The summed E-state index contributed by atoms with van der Waals surface area (Å²) < 4.78 is 0. The summed E-state index contributed by atoms with van der Waals surface area (Å²) in [4.78, 5) is 31.9. The van der Waals surface area contributed by atoms with Crippen LogP contribution in [0, 0.1) is 0 Å². The molecule has 0 saturated heterocycles. The SMILES string of the molecule is O=C(C[C@]1(O)C(=O)N(Cc2cccc3ccccc23)c2ccccc21)c1cccnc1. The minimum Gasteiger partial charge on any atom is -0.375 e. The molecular weight excluding hydrogens is 388 g/mol. The maximum atomic E-state index is 13.5. The largest absolute Gasteiger partial charge is 0.375 e. The van der Waals surface area contributed by atoms with Crippen molar-refractivity contribution in [2.75, 3.05) is 4.90 Å². The van der Waals surface area contributed by atoms with Crippen molar-refractivity contribution in [2.45, 2.75) is 18.6 Å². The number of para-hydroxylation sites is 1. The summed E-state index contributed by atoms with van der Waals surface area (Å²) >= 11 is 0. The average Bonchev–Trinajstić information content (AvgIpc) is 3.02. The van der Waals surface area contributed by atoms with Crippen LogP contribution in [0.25, 0.3) is 10.8 Å². The second-order valence-corrected chi connectivity index (χ2v) is 7.75. The van der Waals surface area contributed by atoms with Crippen molar-refractivity contribution in [1.29, 1.82) is 0 Å². The number of amides is 1. The molecule has 3 aromatic carbocycles. The number of carbonyl (C=O) groups is 2. The van der Waals surface area contributed by atoms with Crippen LogP contribution in [0.1, 0.15) is 27.9 Å². The Morgan fingerprint density at radius 3 is 2.55 bits per heavy atom. The zero-order valence-electron chi connectivity index (χ0n) is 16.7. The predicted molar refractivity (Wildman–Crippen MR) is 119 cm³/mol. The highest BCUT2D eigenvalue weighted by molar-refractivity contribution is 6.10. The number of pyridine rings is 1. The third kappa shape index (κ3) is 3.20. The molecule has 1 atom stereocenters. The first-order chi connectivity index (χ1) is 15.1. The van der Waals surface area contributed by atoms with E-state index in [0.29, 0.717) is 23.4 Å². The minimum absolute atomic E-state index is 0.306. The van der Waals surface area contributed by atoms with Crippen molar-refractivity contribution >= 4 is 28.2 Å². The van der Waals surface area contributed by atoms with Crippen LogP contribution in [-0.2, 0) is 16.9 Å². The van der Waals surface area contributed by atoms with Crippen LogP contribution in [0.5, 0.6) is 0 Å². The van der Waals surface area contributed by atoms with E-state index >= 15 is 0 Å². The lowest BCUT2D eigenvalue weighted by atomic mass is 9.88. The van der Waals surface area contributed by atoms with E-state index in [4.69, 9.17) is 0 Å². The molecule has 0 radical (unpaired) electrons. The monoisotopic (exact) mass is 408 g/mol. The maximum Gasteiger partial charge on any atom is 0.264 e. The zero-order valence-corrected chi connectivity index (χ0v) is 16.7. The highest BCUT2D eigenvalue weighted by Crippen LogP contribution is 2.43. The van der Waals surface area contributed by atoms with Gasteiger partial charge in [-0.2, -0.15) is 0 Å². The lowest BCUT2D eigenvalue weighted by Gasteiger charge is -2.23. The Kier molecular flexibility index (Phi) is 4.60. The molecule has 1 N–H and O–H groups in total. The van der Waals surface area contributed by atoms with Gasteiger partial charge in [-0.3, -0.25) is 14.6 Å². The van der Waals surface area contributed by atoms with E-state index in [1.54, 1.807) is 35.4 Å². The molecule has 5 rings (SSSR count). The summed E-state index contributed by atoms with van der Waals surface area (Å²) in [6.07, 6.45) is 2.69. The van der Waals surface area contributed by atoms with Crippen LogP contribution < -0.4 is 4.90 Å². The molecule has 2 heterocycles. The zero-order chi connectivity index (χ0) is 21.4. The Labute approximate surface area is 179 Å². The fraction of sp³-hybridized carbons (Fsp3) is 0.115. The normalized spacial score (nSPS) is 17.7. The van der Waals surface area contributed by atoms with E-state index in [9.17, 15) is 14.7 Å². The van der Waals surface area contributed by atoms with Gasteiger partial charge in [-0.15, -0.1) is 0 Å². The van der Waals surface area contributed by atoms with E-state index < -0.39 is 11.5 Å². The van der Waals surface area contributed by atoms with Crippen molar-refractivity contribution in [3.63, 3.8) is 0 Å². The van der Waals surface area contributed by atoms with Crippen LogP contribution >= 0.6 is 0 Å². The van der Waals surface area contributed by atoms with E-state index in [1.165, 1.54) is 6.20 Å². The summed E-state index contributed by atoms with van der Waals surface area (Å²) in [6.45, 7) is 0.306. The second kappa shape index (κ2) is 7.45. The number of aliphatic hydroxyl groups is 1. The molecule has 1 aliphatic heterocycles. The molecule has 5 heteroatoms. The smallest absolute Gasteiger partial charge is 0.264 e. The molecule has 5 nitrogen and oxygen atoms in total. The molecule has 0 bridgehead atoms. The standard InChI is InChI=1S/C26H20N2O3/c29-24(19-10-6-14-27-16-19)15-26(31)22-12-3-4-13-23(22)28(25(26)30)17-20-9-5-8-18-7-1-2-11-21(18)20/h1-14,16,31H,15,17H2/t26-/m1/s1. The Morgan fingerprint density at radius 2 is 1.71 bits per heavy atom. The first kappa shape index (κ1) is 19.2. The van der Waals surface area contributed by atoms with E-state index in [1.807, 2.05) is 54.6 Å². The van der Waals surface area contributed by atoms with Gasteiger partial charge in [-0.1, -0.05) is 60.7 Å². The van der Waals surface area contributed by atoms with Gasteiger partial charge in [0.15, 0.2) is 11.4 Å². The molecule has 0 saturated carbocycles. The number of aromatic nitrogens is 1. The number of fused-ring (bicyclic) bond motifs is 2. The molecule has 1 amide bonds. The van der Waals surface area contributed by atoms with Crippen molar-refractivity contribution in [1.82, 2.24) is 4.98 Å². The number of ketones is 1. The lowest BCUT2D eigenvalue weighted by molar-refractivity contribution is -0.136. The summed E-state index contributed by atoms with van der Waals surface area (Å²) in [6, 6.07) is 24.4. The fourth-order valence-electron chi connectivity index (χ4n) is 4.30. The van der Waals surface area contributed by atoms with Crippen LogP contribution in [0.2, 0.25) is 0 Å². The first-order valence-electron chi connectivity index (χ1n) is 10.1. The molecule has 0 spiro atoms. The van der Waals surface area contributed by atoms with Crippen molar-refractivity contribution in [2.24, 2.45) is 0 Å². The van der Waals surface area contributed by atoms with Crippen molar-refractivity contribution < 1.29 is 14.7 Å². The van der Waals surface area contributed by atoms with E-state index in [0.717, 1.165) is 16.3 Å². The van der Waals surface area contributed by atoms with Crippen molar-refractivity contribution in [3.05, 3.63) is 108 Å². The molecule has 0 fully saturated rings. The third-order valence-corrected chi connectivity index (χ3v) is 5.85. The maximum absolute atomic E-state index is 13.5. The summed E-state index contributed by atoms with van der Waals surface area (Å²) in [5, 5.41) is 13.6. The number of nitrogens with zero attached hydrogens (tertiary/aromatic N) is 2. The molecule has 152 valence electrons. The number of anilines is 1. The lowest BCUT2D eigenvalue weighted by Crippen LogP contribution is -2.41. The molecule has 0 aliphatic carbocycles. The van der Waals surface area contributed by atoms with Gasteiger partial charge in [0.25, 0.3) is 5.91 Å².